The highest BCUT2D eigenvalue weighted by Crippen LogP contribution is 2.35. The summed E-state index contributed by atoms with van der Waals surface area (Å²) < 4.78 is 5.19. The average Bonchev–Trinajstić information content (AvgIpc) is 2.71. The topological polar surface area (TPSA) is 119 Å². The zero-order chi connectivity index (χ0) is 14.4. The summed E-state index contributed by atoms with van der Waals surface area (Å²) in [5.41, 5.74) is 11.4. The van der Waals surface area contributed by atoms with E-state index < -0.39 is 5.91 Å². The number of hydrogen-bond donors (Lipinski definition) is 4. The van der Waals surface area contributed by atoms with Crippen molar-refractivity contribution in [3.05, 3.63) is 10.4 Å². The van der Waals surface area contributed by atoms with Gasteiger partial charge >= 0.3 is 0 Å². The van der Waals surface area contributed by atoms with E-state index in [1.54, 1.807) is 0 Å². The predicted octanol–water partition coefficient (Wildman–Crippen LogP) is 0.237. The molecule has 0 aliphatic rings. The lowest BCUT2D eigenvalue weighted by Crippen LogP contribution is -2.21. The quantitative estimate of drug-likeness (QED) is 0.535. The first-order valence-electron chi connectivity index (χ1n) is 5.78. The number of primary amides is 1. The molecule has 0 radical (unpaired) electrons. The number of nitrogens with two attached hydrogens (primary N) is 2. The number of ether oxygens (including phenoxy) is 1. The van der Waals surface area contributed by atoms with Gasteiger partial charge in [-0.05, 0) is 6.92 Å². The number of nitrogens with one attached hydrogen (secondary N) is 2. The van der Waals surface area contributed by atoms with Crippen molar-refractivity contribution in [1.82, 2.24) is 5.32 Å². The first-order chi connectivity index (χ1) is 9.02. The fraction of sp³-hybridized carbons (Fsp3) is 0.455. The van der Waals surface area contributed by atoms with E-state index in [4.69, 9.17) is 16.2 Å². The Labute approximate surface area is 115 Å². The molecule has 0 bridgehead atoms. The van der Waals surface area contributed by atoms with Crippen LogP contribution in [0, 0.1) is 0 Å². The van der Waals surface area contributed by atoms with Gasteiger partial charge in [-0.1, -0.05) is 0 Å². The van der Waals surface area contributed by atoms with Crippen molar-refractivity contribution in [1.29, 1.82) is 0 Å². The normalized spacial score (nSPS) is 10.2. The summed E-state index contributed by atoms with van der Waals surface area (Å²) in [6.07, 6.45) is 0. The van der Waals surface area contributed by atoms with Crippen molar-refractivity contribution in [2.75, 3.05) is 37.9 Å². The lowest BCUT2D eigenvalue weighted by atomic mass is 10.2. The number of hydrogen-bond acceptors (Lipinski definition) is 6. The van der Waals surface area contributed by atoms with Crippen molar-refractivity contribution in [3.8, 4) is 0 Å². The molecule has 0 fully saturated rings. The van der Waals surface area contributed by atoms with Crippen LogP contribution in [0.3, 0.4) is 0 Å². The minimum atomic E-state index is -0.648. The second-order valence-electron chi connectivity index (χ2n) is 3.62. The van der Waals surface area contributed by atoms with Crippen LogP contribution < -0.4 is 22.1 Å². The maximum atomic E-state index is 11.8. The molecule has 106 valence electrons. The van der Waals surface area contributed by atoms with Crippen molar-refractivity contribution >= 4 is 33.8 Å². The van der Waals surface area contributed by atoms with Gasteiger partial charge in [0, 0.05) is 20.2 Å². The fourth-order valence-corrected chi connectivity index (χ4v) is 2.48. The Balaban J connectivity index is 2.97. The second-order valence-corrected chi connectivity index (χ2v) is 4.64. The van der Waals surface area contributed by atoms with E-state index in [0.717, 1.165) is 11.3 Å². The molecule has 0 saturated carbocycles. The van der Waals surface area contributed by atoms with Crippen LogP contribution in [0.15, 0.2) is 0 Å². The Morgan fingerprint density at radius 3 is 2.63 bits per heavy atom. The molecular weight excluding hydrogens is 268 g/mol. The van der Waals surface area contributed by atoms with Gasteiger partial charge in [-0.3, -0.25) is 9.59 Å². The Morgan fingerprint density at radius 1 is 1.42 bits per heavy atom. The summed E-state index contributed by atoms with van der Waals surface area (Å²) >= 11 is 1.07. The lowest BCUT2D eigenvalue weighted by Gasteiger charge is -2.07. The summed E-state index contributed by atoms with van der Waals surface area (Å²) in [7, 11) is 1.49. The molecule has 0 spiro atoms. The Morgan fingerprint density at radius 2 is 2.11 bits per heavy atom. The minimum absolute atomic E-state index is 0.107. The zero-order valence-corrected chi connectivity index (χ0v) is 11.7. The van der Waals surface area contributed by atoms with E-state index in [9.17, 15) is 9.59 Å². The molecule has 2 amide bonds. The number of carbonyl (C=O) groups excluding carboxylic acids is 2. The van der Waals surface area contributed by atoms with Crippen molar-refractivity contribution in [2.24, 2.45) is 5.73 Å². The first kappa shape index (κ1) is 15.3. The lowest BCUT2D eigenvalue weighted by molar-refractivity contribution is 0.0964. The Kier molecular flexibility index (Phi) is 5.58. The van der Waals surface area contributed by atoms with Crippen molar-refractivity contribution in [3.63, 3.8) is 0 Å². The van der Waals surface area contributed by atoms with Crippen LogP contribution in [0.5, 0.6) is 0 Å². The molecule has 0 atom stereocenters. The van der Waals surface area contributed by atoms with E-state index in [1.165, 1.54) is 7.05 Å². The molecule has 8 heteroatoms. The Hall–Kier alpha value is -1.80. The monoisotopic (exact) mass is 286 g/mol. The second kappa shape index (κ2) is 6.95. The van der Waals surface area contributed by atoms with Crippen LogP contribution in [-0.2, 0) is 4.74 Å². The highest BCUT2D eigenvalue weighted by atomic mass is 32.1. The maximum Gasteiger partial charge on any atom is 0.260 e. The highest BCUT2D eigenvalue weighted by Gasteiger charge is 2.23. The van der Waals surface area contributed by atoms with E-state index in [2.05, 4.69) is 10.6 Å². The van der Waals surface area contributed by atoms with Gasteiger partial charge in [-0.25, -0.2) is 0 Å². The SMILES string of the molecule is CCOCCNc1sc(C(N)=O)c(N)c1C(=O)NC. The number of thiophene rings is 1. The number of nitrogen functional groups attached to an aromatic ring is 1. The van der Waals surface area contributed by atoms with Crippen LogP contribution >= 0.6 is 11.3 Å². The van der Waals surface area contributed by atoms with Gasteiger partial charge in [0.2, 0.25) is 0 Å². The largest absolute Gasteiger partial charge is 0.397 e. The molecule has 19 heavy (non-hydrogen) atoms. The molecule has 0 aromatic carbocycles. The molecule has 1 heterocycles. The minimum Gasteiger partial charge on any atom is -0.397 e. The molecule has 1 aromatic rings. The van der Waals surface area contributed by atoms with Crippen LogP contribution in [0.25, 0.3) is 0 Å². The molecule has 0 aliphatic heterocycles. The van der Waals surface area contributed by atoms with E-state index >= 15 is 0 Å². The third-order valence-electron chi connectivity index (χ3n) is 2.36. The average molecular weight is 286 g/mol. The van der Waals surface area contributed by atoms with E-state index in [-0.39, 0.29) is 22.0 Å². The van der Waals surface area contributed by atoms with Gasteiger partial charge in [0.25, 0.3) is 11.8 Å². The first-order valence-corrected chi connectivity index (χ1v) is 6.60. The van der Waals surface area contributed by atoms with Gasteiger partial charge < -0.3 is 26.8 Å². The molecule has 0 unspecified atom stereocenters. The third-order valence-corrected chi connectivity index (χ3v) is 3.54. The van der Waals surface area contributed by atoms with Crippen LogP contribution in [0.2, 0.25) is 0 Å². The zero-order valence-electron chi connectivity index (χ0n) is 10.9. The number of anilines is 2. The van der Waals surface area contributed by atoms with E-state index in [0.29, 0.717) is 24.8 Å². The van der Waals surface area contributed by atoms with Gasteiger partial charge in [-0.2, -0.15) is 0 Å². The molecule has 6 N–H and O–H groups in total. The van der Waals surface area contributed by atoms with E-state index in [1.807, 2.05) is 6.92 Å². The molecule has 1 rings (SSSR count). The summed E-state index contributed by atoms with van der Waals surface area (Å²) in [6.45, 7) is 3.51. The number of carbonyl (C=O) groups is 2. The number of amides is 2. The van der Waals surface area contributed by atoms with Gasteiger partial charge in [0.15, 0.2) is 0 Å². The summed E-state index contributed by atoms with van der Waals surface area (Å²) in [5.74, 6) is -1.01. The summed E-state index contributed by atoms with van der Waals surface area (Å²) in [5, 5.41) is 6.02. The third kappa shape index (κ3) is 3.58. The van der Waals surface area contributed by atoms with Gasteiger partial charge in [0.1, 0.15) is 9.88 Å². The highest BCUT2D eigenvalue weighted by molar-refractivity contribution is 7.19. The fourth-order valence-electron chi connectivity index (χ4n) is 1.48. The molecule has 1 aromatic heterocycles. The molecular formula is C11H18N4O3S. The standard InChI is InChI=1S/C11H18N4O3S/c1-3-18-5-4-15-11-6(10(17)14-2)7(12)8(19-11)9(13)16/h15H,3-5,12H2,1-2H3,(H2,13,16)(H,14,17). The van der Waals surface area contributed by atoms with Gasteiger partial charge in [-0.15, -0.1) is 11.3 Å². The maximum absolute atomic E-state index is 11.8. The van der Waals surface area contributed by atoms with Crippen LogP contribution in [0.4, 0.5) is 10.7 Å². The molecule has 0 saturated heterocycles. The summed E-state index contributed by atoms with van der Waals surface area (Å²) in [4.78, 5) is 23.2. The molecule has 7 nitrogen and oxygen atoms in total. The smallest absolute Gasteiger partial charge is 0.260 e. The van der Waals surface area contributed by atoms with Crippen molar-refractivity contribution < 1.29 is 14.3 Å². The predicted molar refractivity (Wildman–Crippen MR) is 75.6 cm³/mol. The van der Waals surface area contributed by atoms with Crippen LogP contribution in [-0.4, -0.2) is 38.6 Å². The molecule has 0 aliphatic carbocycles. The van der Waals surface area contributed by atoms with Crippen LogP contribution in [0.1, 0.15) is 27.0 Å². The number of rotatable bonds is 7. The van der Waals surface area contributed by atoms with Gasteiger partial charge in [0.05, 0.1) is 17.9 Å². The summed E-state index contributed by atoms with van der Waals surface area (Å²) in [6, 6.07) is 0. The van der Waals surface area contributed by atoms with Crippen molar-refractivity contribution in [2.45, 2.75) is 6.92 Å². The Bertz CT molecular complexity index is 473.